The monoisotopic (exact) mass is 306 g/mol. The molecule has 0 aliphatic heterocycles. The maximum absolute atomic E-state index is 9.36. The van der Waals surface area contributed by atoms with Crippen LogP contribution in [0.4, 0.5) is 5.82 Å². The molecule has 0 aliphatic rings. The molecule has 0 saturated carbocycles. The Morgan fingerprint density at radius 1 is 1.23 bits per heavy atom. The van der Waals surface area contributed by atoms with Crippen molar-refractivity contribution in [3.8, 4) is 23.9 Å². The Labute approximate surface area is 131 Å². The highest BCUT2D eigenvalue weighted by atomic mass is 32.2. The first kappa shape index (κ1) is 15.2. The first-order valence-corrected chi connectivity index (χ1v) is 7.37. The second-order valence-corrected chi connectivity index (χ2v) is 4.81. The highest BCUT2D eigenvalue weighted by Crippen LogP contribution is 2.28. The van der Waals surface area contributed by atoms with Crippen LogP contribution in [0.2, 0.25) is 0 Å². The number of nitrogens with zero attached hydrogens (tertiary/aromatic N) is 5. The lowest BCUT2D eigenvalue weighted by Gasteiger charge is -2.06. The van der Waals surface area contributed by atoms with E-state index in [2.05, 4.69) is 16.5 Å². The fourth-order valence-corrected chi connectivity index (χ4v) is 2.27. The molecular weight excluding hydrogens is 296 g/mol. The van der Waals surface area contributed by atoms with Crippen molar-refractivity contribution in [3.63, 3.8) is 0 Å². The van der Waals surface area contributed by atoms with Gasteiger partial charge in [-0.2, -0.15) is 20.9 Å². The van der Waals surface area contributed by atoms with Crippen molar-refractivity contribution in [1.82, 2.24) is 9.78 Å². The number of para-hydroxylation sites is 1. The predicted octanol–water partition coefficient (Wildman–Crippen LogP) is 2.81. The zero-order chi connectivity index (χ0) is 15.9. The van der Waals surface area contributed by atoms with Crippen LogP contribution in [0.25, 0.3) is 5.69 Å². The Morgan fingerprint density at radius 3 is 2.45 bits per heavy atom. The minimum Gasteiger partial charge on any atom is -0.343 e. The average Bonchev–Trinajstić information content (AvgIpc) is 2.94. The summed E-state index contributed by atoms with van der Waals surface area (Å²) in [6.07, 6.45) is 3.09. The number of benzene rings is 1. The fourth-order valence-electron chi connectivity index (χ4n) is 1.76. The van der Waals surface area contributed by atoms with Crippen LogP contribution in [-0.4, -0.2) is 16.0 Å². The summed E-state index contributed by atoms with van der Waals surface area (Å²) in [5.41, 5.74) is 1.05. The Balaban J connectivity index is 2.58. The van der Waals surface area contributed by atoms with Crippen LogP contribution >= 0.6 is 11.8 Å². The normalized spacial score (nSPS) is 9.18. The van der Waals surface area contributed by atoms with E-state index in [1.807, 2.05) is 36.6 Å². The number of thioether (sulfide) groups is 1. The largest absolute Gasteiger partial charge is 0.343 e. The van der Waals surface area contributed by atoms with Crippen LogP contribution < -0.4 is 5.32 Å². The molecule has 1 heterocycles. The summed E-state index contributed by atoms with van der Waals surface area (Å²) in [5.74, 6) is 0.418. The second kappa shape index (κ2) is 6.99. The number of nitriles is 3. The van der Waals surface area contributed by atoms with E-state index in [9.17, 15) is 5.26 Å². The lowest BCUT2D eigenvalue weighted by molar-refractivity contribution is 0.843. The van der Waals surface area contributed by atoms with Crippen LogP contribution in [0.5, 0.6) is 0 Å². The minimum atomic E-state index is -0.0876. The Kier molecular flexibility index (Phi) is 4.82. The number of rotatable bonds is 4. The summed E-state index contributed by atoms with van der Waals surface area (Å²) in [7, 11) is 0. The third-order valence-electron chi connectivity index (χ3n) is 2.75. The van der Waals surface area contributed by atoms with Gasteiger partial charge in [-0.3, -0.25) is 0 Å². The van der Waals surface area contributed by atoms with Crippen LogP contribution in [0, 0.1) is 34.0 Å². The van der Waals surface area contributed by atoms with E-state index in [1.54, 1.807) is 16.8 Å². The summed E-state index contributed by atoms with van der Waals surface area (Å²) in [6, 6.07) is 14.9. The van der Waals surface area contributed by atoms with Gasteiger partial charge in [0.1, 0.15) is 34.4 Å². The molecule has 22 heavy (non-hydrogen) atoms. The van der Waals surface area contributed by atoms with E-state index in [-0.39, 0.29) is 5.57 Å². The maximum Gasteiger partial charge on any atom is 0.153 e. The topological polar surface area (TPSA) is 101 Å². The smallest absolute Gasteiger partial charge is 0.153 e. The summed E-state index contributed by atoms with van der Waals surface area (Å²) in [5, 5.41) is 34.8. The molecule has 2 aromatic rings. The minimum absolute atomic E-state index is 0.0876. The highest BCUT2D eigenvalue weighted by molar-refractivity contribution is 7.98. The van der Waals surface area contributed by atoms with Crippen LogP contribution in [0.15, 0.2) is 47.1 Å². The lowest BCUT2D eigenvalue weighted by atomic mass is 10.3. The van der Waals surface area contributed by atoms with Crippen molar-refractivity contribution >= 4 is 17.6 Å². The second-order valence-electron chi connectivity index (χ2n) is 4.02. The number of allylic oxidation sites excluding steroid dienone is 1. The van der Waals surface area contributed by atoms with Crippen molar-refractivity contribution in [1.29, 1.82) is 15.8 Å². The van der Waals surface area contributed by atoms with E-state index < -0.39 is 0 Å². The number of aromatic nitrogens is 2. The molecule has 1 N–H and O–H groups in total. The highest BCUT2D eigenvalue weighted by Gasteiger charge is 2.17. The van der Waals surface area contributed by atoms with Gasteiger partial charge in [-0.15, -0.1) is 11.8 Å². The van der Waals surface area contributed by atoms with Crippen molar-refractivity contribution in [2.75, 3.05) is 11.6 Å². The number of nitrogens with one attached hydrogen (secondary N) is 1. The van der Waals surface area contributed by atoms with Crippen LogP contribution in [0.1, 0.15) is 5.56 Å². The zero-order valence-corrected chi connectivity index (χ0v) is 12.4. The third kappa shape index (κ3) is 2.93. The van der Waals surface area contributed by atoms with Gasteiger partial charge in [0.15, 0.2) is 5.82 Å². The first-order valence-electron chi connectivity index (χ1n) is 6.14. The molecule has 0 bridgehead atoms. The molecule has 0 amide bonds. The summed E-state index contributed by atoms with van der Waals surface area (Å²) >= 11 is 1.35. The van der Waals surface area contributed by atoms with Gasteiger partial charge in [0.25, 0.3) is 0 Å². The van der Waals surface area contributed by atoms with Crippen molar-refractivity contribution in [3.05, 3.63) is 47.7 Å². The standard InChI is InChI=1S/C15H10N6S/c1-22-15-13(9-18)14(19-10-11(7-16)8-17)21(20-15)12-5-3-2-4-6-12/h2-6,10,19H,1H3. The fraction of sp³-hybridized carbons (Fsp3) is 0.0667. The number of hydrogen-bond donors (Lipinski definition) is 1. The van der Waals surface area contributed by atoms with E-state index in [4.69, 9.17) is 10.5 Å². The molecule has 1 aromatic carbocycles. The molecule has 0 spiro atoms. The van der Waals surface area contributed by atoms with Crippen LogP contribution in [-0.2, 0) is 0 Å². The van der Waals surface area contributed by atoms with Gasteiger partial charge in [-0.25, -0.2) is 4.68 Å². The summed E-state index contributed by atoms with van der Waals surface area (Å²) in [4.78, 5) is 0. The Bertz CT molecular complexity index is 814. The van der Waals surface area contributed by atoms with Gasteiger partial charge in [0, 0.05) is 6.20 Å². The molecule has 0 aliphatic carbocycles. The summed E-state index contributed by atoms with van der Waals surface area (Å²) in [6.45, 7) is 0. The number of anilines is 1. The molecule has 2 rings (SSSR count). The van der Waals surface area contributed by atoms with Gasteiger partial charge in [-0.05, 0) is 18.4 Å². The first-order chi connectivity index (χ1) is 10.7. The average molecular weight is 306 g/mol. The molecule has 7 heteroatoms. The van der Waals surface area contributed by atoms with Gasteiger partial charge >= 0.3 is 0 Å². The molecule has 0 unspecified atom stereocenters. The molecule has 6 nitrogen and oxygen atoms in total. The maximum atomic E-state index is 9.36. The molecule has 0 fully saturated rings. The number of hydrogen-bond acceptors (Lipinski definition) is 6. The van der Waals surface area contributed by atoms with E-state index in [1.165, 1.54) is 18.0 Å². The Hall–Kier alpha value is -3.21. The molecule has 0 saturated heterocycles. The predicted molar refractivity (Wildman–Crippen MR) is 83.0 cm³/mol. The third-order valence-corrected chi connectivity index (χ3v) is 3.43. The zero-order valence-electron chi connectivity index (χ0n) is 11.6. The van der Waals surface area contributed by atoms with E-state index in [0.29, 0.717) is 16.4 Å². The molecule has 0 atom stereocenters. The lowest BCUT2D eigenvalue weighted by Crippen LogP contribution is -2.03. The molecular formula is C15H10N6S. The van der Waals surface area contributed by atoms with Crippen molar-refractivity contribution < 1.29 is 0 Å². The van der Waals surface area contributed by atoms with Gasteiger partial charge in [0.2, 0.25) is 0 Å². The SMILES string of the molecule is CSc1nn(-c2ccccc2)c(NC=C(C#N)C#N)c1C#N. The molecule has 1 aromatic heterocycles. The van der Waals surface area contributed by atoms with Gasteiger partial charge in [0.05, 0.1) is 5.69 Å². The van der Waals surface area contributed by atoms with E-state index >= 15 is 0 Å². The summed E-state index contributed by atoms with van der Waals surface area (Å²) < 4.78 is 1.58. The van der Waals surface area contributed by atoms with E-state index in [0.717, 1.165) is 5.69 Å². The van der Waals surface area contributed by atoms with Gasteiger partial charge < -0.3 is 5.32 Å². The Morgan fingerprint density at radius 2 is 1.91 bits per heavy atom. The quantitative estimate of drug-likeness (QED) is 0.688. The molecule has 106 valence electrons. The van der Waals surface area contributed by atoms with Crippen molar-refractivity contribution in [2.45, 2.75) is 5.03 Å². The van der Waals surface area contributed by atoms with Gasteiger partial charge in [-0.1, -0.05) is 18.2 Å². The van der Waals surface area contributed by atoms with Crippen LogP contribution in [0.3, 0.4) is 0 Å². The molecule has 0 radical (unpaired) electrons. The van der Waals surface area contributed by atoms with Crippen molar-refractivity contribution in [2.24, 2.45) is 0 Å².